The largest absolute Gasteiger partial charge is 0.339 e. The van der Waals surface area contributed by atoms with E-state index < -0.39 is 10.0 Å². The molecule has 0 radical (unpaired) electrons. The molecule has 0 aliphatic carbocycles. The third-order valence-electron chi connectivity index (χ3n) is 3.63. The SMILES string of the molecule is Cn1cnc(S(=O)(=O)N2CCCC[C@@H]2c2cnccn2)c1. The van der Waals surface area contributed by atoms with E-state index >= 15 is 0 Å². The van der Waals surface area contributed by atoms with Gasteiger partial charge in [0, 0.05) is 32.2 Å². The maximum atomic E-state index is 12.8. The first-order chi connectivity index (χ1) is 10.1. The Labute approximate surface area is 123 Å². The van der Waals surface area contributed by atoms with Crippen LogP contribution in [0.4, 0.5) is 0 Å². The third kappa shape index (κ3) is 2.68. The Morgan fingerprint density at radius 3 is 2.76 bits per heavy atom. The van der Waals surface area contributed by atoms with Crippen LogP contribution in [-0.2, 0) is 17.1 Å². The van der Waals surface area contributed by atoms with Crippen LogP contribution in [0.5, 0.6) is 0 Å². The lowest BCUT2D eigenvalue weighted by Gasteiger charge is -2.33. The fourth-order valence-electron chi connectivity index (χ4n) is 2.61. The second kappa shape index (κ2) is 5.53. The zero-order chi connectivity index (χ0) is 14.9. The molecule has 1 aliphatic heterocycles. The maximum Gasteiger partial charge on any atom is 0.262 e. The van der Waals surface area contributed by atoms with E-state index in [-0.39, 0.29) is 11.1 Å². The number of aryl methyl sites for hydroxylation is 1. The Hall–Kier alpha value is -1.80. The van der Waals surface area contributed by atoms with Gasteiger partial charge in [0.25, 0.3) is 10.0 Å². The van der Waals surface area contributed by atoms with Crippen molar-refractivity contribution in [2.24, 2.45) is 7.05 Å². The van der Waals surface area contributed by atoms with Gasteiger partial charge in [0.05, 0.1) is 24.3 Å². The molecule has 1 atom stereocenters. The quantitative estimate of drug-likeness (QED) is 0.849. The number of sulfonamides is 1. The van der Waals surface area contributed by atoms with Gasteiger partial charge in [-0.3, -0.25) is 9.97 Å². The lowest BCUT2D eigenvalue weighted by atomic mass is 10.0. The van der Waals surface area contributed by atoms with Crippen LogP contribution in [0.25, 0.3) is 0 Å². The molecule has 2 aromatic heterocycles. The minimum atomic E-state index is -3.60. The van der Waals surface area contributed by atoms with Gasteiger partial charge in [0.15, 0.2) is 5.03 Å². The van der Waals surface area contributed by atoms with E-state index in [1.807, 2.05) is 0 Å². The summed E-state index contributed by atoms with van der Waals surface area (Å²) in [6.07, 6.45) is 10.4. The number of rotatable bonds is 3. The third-order valence-corrected chi connectivity index (χ3v) is 5.43. The highest BCUT2D eigenvalue weighted by molar-refractivity contribution is 7.89. The van der Waals surface area contributed by atoms with E-state index in [1.165, 1.54) is 16.8 Å². The van der Waals surface area contributed by atoms with E-state index in [0.717, 1.165) is 19.3 Å². The van der Waals surface area contributed by atoms with E-state index in [4.69, 9.17) is 0 Å². The van der Waals surface area contributed by atoms with Crippen LogP contribution < -0.4 is 0 Å². The fraction of sp³-hybridized carbons (Fsp3) is 0.462. The lowest BCUT2D eigenvalue weighted by molar-refractivity contribution is 0.250. The summed E-state index contributed by atoms with van der Waals surface area (Å²) in [4.78, 5) is 12.3. The summed E-state index contributed by atoms with van der Waals surface area (Å²) in [5.41, 5.74) is 0.691. The molecular formula is C13H17N5O2S. The zero-order valence-corrected chi connectivity index (χ0v) is 12.6. The highest BCUT2D eigenvalue weighted by atomic mass is 32.2. The summed E-state index contributed by atoms with van der Waals surface area (Å²) in [5.74, 6) is 0. The molecule has 112 valence electrons. The fourth-order valence-corrected chi connectivity index (χ4v) is 4.25. The predicted molar refractivity (Wildman–Crippen MR) is 75.7 cm³/mol. The topological polar surface area (TPSA) is 81.0 Å². The van der Waals surface area contributed by atoms with Crippen LogP contribution in [0.2, 0.25) is 0 Å². The standard InChI is InChI=1S/C13H17N5O2S/c1-17-9-13(16-10-17)21(19,20)18-7-3-2-4-12(18)11-8-14-5-6-15-11/h5-6,8-10,12H,2-4,7H2,1H3/t12-/m1/s1. The molecule has 0 spiro atoms. The molecule has 3 rings (SSSR count). The molecular weight excluding hydrogens is 290 g/mol. The van der Waals surface area contributed by atoms with Gasteiger partial charge in [-0.15, -0.1) is 0 Å². The van der Waals surface area contributed by atoms with Gasteiger partial charge in [-0.1, -0.05) is 6.42 Å². The van der Waals surface area contributed by atoms with Crippen LogP contribution in [0.15, 0.2) is 36.1 Å². The highest BCUT2D eigenvalue weighted by Gasteiger charge is 2.36. The van der Waals surface area contributed by atoms with Gasteiger partial charge in [0.2, 0.25) is 0 Å². The molecule has 21 heavy (non-hydrogen) atoms. The van der Waals surface area contributed by atoms with Crippen LogP contribution in [0.1, 0.15) is 31.0 Å². The first-order valence-corrected chi connectivity index (χ1v) is 8.29. The number of nitrogens with zero attached hydrogens (tertiary/aromatic N) is 5. The molecule has 2 aromatic rings. The van der Waals surface area contributed by atoms with E-state index in [9.17, 15) is 8.42 Å². The Bertz CT molecular complexity index is 713. The molecule has 7 nitrogen and oxygen atoms in total. The molecule has 1 saturated heterocycles. The molecule has 0 amide bonds. The van der Waals surface area contributed by atoms with Crippen LogP contribution in [-0.4, -0.2) is 38.8 Å². The Morgan fingerprint density at radius 2 is 2.10 bits per heavy atom. The molecule has 0 unspecified atom stereocenters. The second-order valence-corrected chi connectivity index (χ2v) is 6.97. The number of imidazole rings is 1. The molecule has 0 N–H and O–H groups in total. The molecule has 0 aromatic carbocycles. The van der Waals surface area contributed by atoms with Crippen LogP contribution in [0.3, 0.4) is 0 Å². The van der Waals surface area contributed by atoms with Gasteiger partial charge in [-0.05, 0) is 12.8 Å². The van der Waals surface area contributed by atoms with Gasteiger partial charge in [0.1, 0.15) is 0 Å². The Kier molecular flexibility index (Phi) is 3.73. The normalized spacial score (nSPS) is 20.5. The molecule has 3 heterocycles. The number of aromatic nitrogens is 4. The van der Waals surface area contributed by atoms with Crippen molar-refractivity contribution in [3.63, 3.8) is 0 Å². The molecule has 8 heteroatoms. The van der Waals surface area contributed by atoms with Gasteiger partial charge in [-0.2, -0.15) is 4.31 Å². The van der Waals surface area contributed by atoms with E-state index in [2.05, 4.69) is 15.0 Å². The van der Waals surface area contributed by atoms with Crippen molar-refractivity contribution in [1.29, 1.82) is 0 Å². The maximum absolute atomic E-state index is 12.8. The van der Waals surface area contributed by atoms with Crippen molar-refractivity contribution in [1.82, 2.24) is 23.8 Å². The number of piperidine rings is 1. The molecule has 1 aliphatic rings. The van der Waals surface area contributed by atoms with Crippen molar-refractivity contribution < 1.29 is 8.42 Å². The van der Waals surface area contributed by atoms with Crippen molar-refractivity contribution in [2.75, 3.05) is 6.54 Å². The zero-order valence-electron chi connectivity index (χ0n) is 11.8. The monoisotopic (exact) mass is 307 g/mol. The average molecular weight is 307 g/mol. The summed E-state index contributed by atoms with van der Waals surface area (Å²) in [6, 6.07) is -0.264. The average Bonchev–Trinajstić information content (AvgIpc) is 2.95. The predicted octanol–water partition coefficient (Wildman–Crippen LogP) is 1.13. The minimum absolute atomic E-state index is 0.0841. The Balaban J connectivity index is 1.98. The second-order valence-electron chi connectivity index (χ2n) is 5.13. The lowest BCUT2D eigenvalue weighted by Crippen LogP contribution is -2.39. The van der Waals surface area contributed by atoms with Gasteiger partial charge < -0.3 is 4.57 Å². The summed E-state index contributed by atoms with van der Waals surface area (Å²) < 4.78 is 28.7. The smallest absolute Gasteiger partial charge is 0.262 e. The minimum Gasteiger partial charge on any atom is -0.339 e. The summed E-state index contributed by atoms with van der Waals surface area (Å²) >= 11 is 0. The molecule has 0 bridgehead atoms. The van der Waals surface area contributed by atoms with Crippen LogP contribution >= 0.6 is 0 Å². The number of hydrogen-bond acceptors (Lipinski definition) is 5. The first-order valence-electron chi connectivity index (χ1n) is 6.85. The molecule has 0 saturated carbocycles. The van der Waals surface area contributed by atoms with Gasteiger partial charge >= 0.3 is 0 Å². The van der Waals surface area contributed by atoms with Crippen molar-refractivity contribution in [3.8, 4) is 0 Å². The summed E-state index contributed by atoms with van der Waals surface area (Å²) in [6.45, 7) is 0.486. The van der Waals surface area contributed by atoms with Gasteiger partial charge in [-0.25, -0.2) is 13.4 Å². The summed E-state index contributed by atoms with van der Waals surface area (Å²) in [5, 5.41) is 0.0841. The first kappa shape index (κ1) is 14.2. The van der Waals surface area contributed by atoms with Crippen molar-refractivity contribution in [3.05, 3.63) is 36.8 Å². The van der Waals surface area contributed by atoms with Crippen LogP contribution in [0, 0.1) is 0 Å². The number of hydrogen-bond donors (Lipinski definition) is 0. The van der Waals surface area contributed by atoms with Crippen molar-refractivity contribution in [2.45, 2.75) is 30.3 Å². The van der Waals surface area contributed by atoms with E-state index in [1.54, 1.807) is 30.2 Å². The Morgan fingerprint density at radius 1 is 1.24 bits per heavy atom. The highest BCUT2D eigenvalue weighted by Crippen LogP contribution is 2.33. The van der Waals surface area contributed by atoms with E-state index in [0.29, 0.717) is 12.2 Å². The van der Waals surface area contributed by atoms with Crippen molar-refractivity contribution >= 4 is 10.0 Å². The molecule has 1 fully saturated rings. The summed E-state index contributed by atoms with van der Waals surface area (Å²) in [7, 11) is -1.85.